The van der Waals surface area contributed by atoms with E-state index >= 15 is 0 Å². The highest BCUT2D eigenvalue weighted by Gasteiger charge is 2.13. The minimum absolute atomic E-state index is 0.476. The first-order chi connectivity index (χ1) is 7.70. The Morgan fingerprint density at radius 1 is 0.750 bits per heavy atom. The van der Waals surface area contributed by atoms with E-state index in [4.69, 9.17) is 23.2 Å². The highest BCUT2D eigenvalue weighted by molar-refractivity contribution is 7.72. The molecule has 82 valence electrons. The van der Waals surface area contributed by atoms with Gasteiger partial charge in [0.05, 0.1) is 0 Å². The molecular formula is C13H11Cl2P. The van der Waals surface area contributed by atoms with E-state index < -0.39 is 7.92 Å². The van der Waals surface area contributed by atoms with E-state index in [0.717, 1.165) is 10.0 Å². The van der Waals surface area contributed by atoms with Crippen LogP contribution in [0.3, 0.4) is 0 Å². The highest BCUT2D eigenvalue weighted by atomic mass is 35.5. The Morgan fingerprint density at radius 2 is 1.12 bits per heavy atom. The van der Waals surface area contributed by atoms with Crippen molar-refractivity contribution in [2.45, 2.75) is 0 Å². The first-order valence-electron chi connectivity index (χ1n) is 4.93. The van der Waals surface area contributed by atoms with Crippen molar-refractivity contribution in [1.29, 1.82) is 0 Å². The Labute approximate surface area is 107 Å². The summed E-state index contributed by atoms with van der Waals surface area (Å²) in [6, 6.07) is 15.9. The summed E-state index contributed by atoms with van der Waals surface area (Å²) in [5, 5.41) is 3.98. The maximum atomic E-state index is 6.19. The van der Waals surface area contributed by atoms with E-state index in [2.05, 4.69) is 18.8 Å². The van der Waals surface area contributed by atoms with Gasteiger partial charge in [0, 0.05) is 10.0 Å². The van der Waals surface area contributed by atoms with Crippen LogP contribution < -0.4 is 10.6 Å². The van der Waals surface area contributed by atoms with Crippen molar-refractivity contribution in [3.63, 3.8) is 0 Å². The summed E-state index contributed by atoms with van der Waals surface area (Å²) in [4.78, 5) is 0. The maximum absolute atomic E-state index is 6.19. The third-order valence-electron chi connectivity index (χ3n) is 2.43. The Hall–Kier alpha value is -0.550. The van der Waals surface area contributed by atoms with Crippen molar-refractivity contribution in [3.8, 4) is 0 Å². The molecule has 0 aliphatic heterocycles. The van der Waals surface area contributed by atoms with Crippen LogP contribution >= 0.6 is 31.1 Å². The molecular weight excluding hydrogens is 258 g/mol. The van der Waals surface area contributed by atoms with E-state index in [1.807, 2.05) is 36.4 Å². The molecule has 2 aromatic carbocycles. The van der Waals surface area contributed by atoms with E-state index in [1.165, 1.54) is 10.6 Å². The minimum Gasteiger partial charge on any atom is -0.0836 e. The number of rotatable bonds is 2. The zero-order valence-electron chi connectivity index (χ0n) is 8.82. The summed E-state index contributed by atoms with van der Waals surface area (Å²) < 4.78 is 0. The molecule has 0 unspecified atom stereocenters. The van der Waals surface area contributed by atoms with Crippen molar-refractivity contribution in [2.75, 3.05) is 6.66 Å². The maximum Gasteiger partial charge on any atom is 0.0486 e. The smallest absolute Gasteiger partial charge is 0.0486 e. The Kier molecular flexibility index (Phi) is 3.86. The molecule has 0 saturated heterocycles. The van der Waals surface area contributed by atoms with Gasteiger partial charge in [-0.05, 0) is 37.3 Å². The summed E-state index contributed by atoms with van der Waals surface area (Å²) in [6.45, 7) is 2.18. The van der Waals surface area contributed by atoms with Gasteiger partial charge in [0.25, 0.3) is 0 Å². The average Bonchev–Trinajstić information content (AvgIpc) is 2.29. The van der Waals surface area contributed by atoms with Crippen molar-refractivity contribution < 1.29 is 0 Å². The van der Waals surface area contributed by atoms with Gasteiger partial charge < -0.3 is 0 Å². The molecule has 0 aliphatic carbocycles. The van der Waals surface area contributed by atoms with Gasteiger partial charge in [-0.2, -0.15) is 0 Å². The van der Waals surface area contributed by atoms with Gasteiger partial charge in [-0.15, -0.1) is 0 Å². The number of hydrogen-bond donors (Lipinski definition) is 0. The van der Waals surface area contributed by atoms with E-state index in [0.29, 0.717) is 0 Å². The van der Waals surface area contributed by atoms with Crippen LogP contribution in [0.5, 0.6) is 0 Å². The van der Waals surface area contributed by atoms with Gasteiger partial charge in [0.2, 0.25) is 0 Å². The summed E-state index contributed by atoms with van der Waals surface area (Å²) in [5.41, 5.74) is 0. The van der Waals surface area contributed by atoms with Gasteiger partial charge in [-0.3, -0.25) is 0 Å². The molecule has 0 atom stereocenters. The fourth-order valence-electron chi connectivity index (χ4n) is 1.58. The number of hydrogen-bond acceptors (Lipinski definition) is 0. The Morgan fingerprint density at radius 3 is 1.50 bits per heavy atom. The van der Waals surface area contributed by atoms with Crippen LogP contribution in [-0.2, 0) is 0 Å². The van der Waals surface area contributed by atoms with Crippen LogP contribution in [0.4, 0.5) is 0 Å². The number of benzene rings is 2. The summed E-state index contributed by atoms with van der Waals surface area (Å²) >= 11 is 12.4. The lowest BCUT2D eigenvalue weighted by Gasteiger charge is -2.15. The zero-order chi connectivity index (χ0) is 11.5. The molecule has 2 aromatic rings. The molecule has 0 nitrogen and oxygen atoms in total. The number of halogens is 2. The first-order valence-corrected chi connectivity index (χ1v) is 7.47. The second-order valence-electron chi connectivity index (χ2n) is 3.46. The fraction of sp³-hybridized carbons (Fsp3) is 0.0769. The van der Waals surface area contributed by atoms with E-state index in [9.17, 15) is 0 Å². The molecule has 0 N–H and O–H groups in total. The molecule has 0 amide bonds. The predicted octanol–water partition coefficient (Wildman–Crippen LogP) is 4.06. The molecule has 0 radical (unpaired) electrons. The van der Waals surface area contributed by atoms with Crippen LogP contribution in [0, 0.1) is 0 Å². The highest BCUT2D eigenvalue weighted by Crippen LogP contribution is 2.34. The second-order valence-corrected chi connectivity index (χ2v) is 6.36. The molecule has 0 heterocycles. The van der Waals surface area contributed by atoms with Crippen LogP contribution in [0.2, 0.25) is 10.0 Å². The topological polar surface area (TPSA) is 0 Å². The standard InChI is InChI=1S/C13H11Cl2P/c1-16(12-8-4-2-6-10(12)14)13-9-5-3-7-11(13)15/h2-9H,1H3. The fourth-order valence-corrected chi connectivity index (χ4v) is 4.28. The largest absolute Gasteiger partial charge is 0.0836 e. The lowest BCUT2D eigenvalue weighted by molar-refractivity contribution is 1.74. The molecule has 16 heavy (non-hydrogen) atoms. The molecule has 0 fully saturated rings. The second kappa shape index (κ2) is 5.19. The lowest BCUT2D eigenvalue weighted by atomic mass is 10.4. The van der Waals surface area contributed by atoms with Crippen LogP contribution in [0.25, 0.3) is 0 Å². The third kappa shape index (κ3) is 2.40. The van der Waals surface area contributed by atoms with Gasteiger partial charge in [0.15, 0.2) is 0 Å². The van der Waals surface area contributed by atoms with E-state index in [-0.39, 0.29) is 0 Å². The first kappa shape index (κ1) is 11.9. The molecule has 0 spiro atoms. The van der Waals surface area contributed by atoms with Gasteiger partial charge in [-0.25, -0.2) is 0 Å². The quantitative estimate of drug-likeness (QED) is 0.721. The van der Waals surface area contributed by atoms with Crippen LogP contribution in [-0.4, -0.2) is 6.66 Å². The zero-order valence-corrected chi connectivity index (χ0v) is 11.2. The molecule has 0 saturated carbocycles. The molecule has 0 aliphatic rings. The summed E-state index contributed by atoms with van der Waals surface area (Å²) in [6.07, 6.45) is 0. The molecule has 2 rings (SSSR count). The van der Waals surface area contributed by atoms with Crippen molar-refractivity contribution >= 4 is 41.7 Å². The van der Waals surface area contributed by atoms with E-state index in [1.54, 1.807) is 0 Å². The normalized spacial score (nSPS) is 10.8. The van der Waals surface area contributed by atoms with Crippen LogP contribution in [0.15, 0.2) is 48.5 Å². The molecule has 0 aromatic heterocycles. The SMILES string of the molecule is CP(c1ccccc1Cl)c1ccccc1Cl. The van der Waals surface area contributed by atoms with Crippen molar-refractivity contribution in [1.82, 2.24) is 0 Å². The minimum atomic E-state index is -0.476. The van der Waals surface area contributed by atoms with Crippen molar-refractivity contribution in [3.05, 3.63) is 58.6 Å². The predicted molar refractivity (Wildman–Crippen MR) is 75.0 cm³/mol. The van der Waals surface area contributed by atoms with Crippen LogP contribution in [0.1, 0.15) is 0 Å². The molecule has 0 bridgehead atoms. The molecule has 3 heteroatoms. The third-order valence-corrected chi connectivity index (χ3v) is 5.58. The summed E-state index contributed by atoms with van der Waals surface area (Å²) in [5.74, 6) is 0. The monoisotopic (exact) mass is 268 g/mol. The average molecular weight is 269 g/mol. The van der Waals surface area contributed by atoms with Crippen molar-refractivity contribution in [2.24, 2.45) is 0 Å². The van der Waals surface area contributed by atoms with Gasteiger partial charge in [-0.1, -0.05) is 59.6 Å². The lowest BCUT2D eigenvalue weighted by Crippen LogP contribution is -2.12. The Balaban J connectivity index is 2.44. The van der Waals surface area contributed by atoms with Gasteiger partial charge >= 0.3 is 0 Å². The Bertz CT molecular complexity index is 451. The van der Waals surface area contributed by atoms with Gasteiger partial charge in [0.1, 0.15) is 0 Å². The summed E-state index contributed by atoms with van der Waals surface area (Å²) in [7, 11) is -0.476.